The van der Waals surface area contributed by atoms with E-state index in [9.17, 15) is 0 Å². The SMILES string of the molecule is c1ccc(-c2[se]c3nncn3c2-c2ccccc2)cc1. The second kappa shape index (κ2) is 4.74. The van der Waals surface area contributed by atoms with Gasteiger partial charge in [-0.25, -0.2) is 0 Å². The van der Waals surface area contributed by atoms with Crippen LogP contribution in [0.1, 0.15) is 0 Å². The van der Waals surface area contributed by atoms with E-state index >= 15 is 0 Å². The van der Waals surface area contributed by atoms with Crippen molar-refractivity contribution < 1.29 is 0 Å². The van der Waals surface area contributed by atoms with Crippen LogP contribution in [0.3, 0.4) is 0 Å². The standard InChI is InChI=1S/C16H11N3Se/c1-3-7-12(8-4-1)14-15(13-9-5-2-6-10-13)20-16-18-17-11-19(14)16/h1-11H. The normalized spacial score (nSPS) is 11.0. The molecular weight excluding hydrogens is 313 g/mol. The minimum absolute atomic E-state index is 0.197. The summed E-state index contributed by atoms with van der Waals surface area (Å²) in [6.07, 6.45) is 1.81. The molecule has 0 aliphatic carbocycles. The Morgan fingerprint density at radius 1 is 0.800 bits per heavy atom. The Hall–Kier alpha value is -2.16. The summed E-state index contributed by atoms with van der Waals surface area (Å²) in [5.74, 6) is 0. The Morgan fingerprint density at radius 2 is 1.45 bits per heavy atom. The van der Waals surface area contributed by atoms with E-state index in [4.69, 9.17) is 0 Å². The van der Waals surface area contributed by atoms with Crippen LogP contribution in [0.4, 0.5) is 0 Å². The van der Waals surface area contributed by atoms with Gasteiger partial charge in [0.25, 0.3) is 0 Å². The van der Waals surface area contributed by atoms with Crippen LogP contribution in [0.15, 0.2) is 67.0 Å². The second-order valence-corrected chi connectivity index (χ2v) is 6.55. The number of hydrogen-bond acceptors (Lipinski definition) is 2. The van der Waals surface area contributed by atoms with Gasteiger partial charge in [0.05, 0.1) is 0 Å². The summed E-state index contributed by atoms with van der Waals surface area (Å²) >= 11 is 0.197. The molecule has 2 aromatic carbocycles. The first kappa shape index (κ1) is 11.6. The first-order valence-electron chi connectivity index (χ1n) is 6.37. The van der Waals surface area contributed by atoms with Gasteiger partial charge in [0, 0.05) is 0 Å². The van der Waals surface area contributed by atoms with E-state index in [0.717, 1.165) is 4.52 Å². The van der Waals surface area contributed by atoms with Gasteiger partial charge >= 0.3 is 122 Å². The summed E-state index contributed by atoms with van der Waals surface area (Å²) in [6.45, 7) is 0. The van der Waals surface area contributed by atoms with Crippen molar-refractivity contribution in [2.75, 3.05) is 0 Å². The molecule has 4 heteroatoms. The van der Waals surface area contributed by atoms with Gasteiger partial charge in [0.2, 0.25) is 0 Å². The number of aromatic nitrogens is 3. The van der Waals surface area contributed by atoms with Crippen LogP contribution in [-0.4, -0.2) is 29.1 Å². The summed E-state index contributed by atoms with van der Waals surface area (Å²) in [4.78, 5) is 0. The van der Waals surface area contributed by atoms with Gasteiger partial charge in [-0.05, 0) is 0 Å². The topological polar surface area (TPSA) is 30.2 Å². The number of fused-ring (bicyclic) bond motifs is 1. The first-order chi connectivity index (χ1) is 9.93. The van der Waals surface area contributed by atoms with Gasteiger partial charge in [-0.2, -0.15) is 0 Å². The van der Waals surface area contributed by atoms with Crippen molar-refractivity contribution in [2.24, 2.45) is 0 Å². The second-order valence-electron chi connectivity index (χ2n) is 4.50. The zero-order valence-corrected chi connectivity index (χ0v) is 12.3. The molecule has 96 valence electrons. The first-order valence-corrected chi connectivity index (χ1v) is 8.08. The van der Waals surface area contributed by atoms with Crippen LogP contribution < -0.4 is 0 Å². The third-order valence-corrected chi connectivity index (χ3v) is 5.54. The van der Waals surface area contributed by atoms with E-state index in [1.807, 2.05) is 18.5 Å². The molecule has 20 heavy (non-hydrogen) atoms. The molecule has 0 spiro atoms. The molecule has 0 aliphatic rings. The van der Waals surface area contributed by atoms with Gasteiger partial charge in [0.15, 0.2) is 0 Å². The fourth-order valence-corrected chi connectivity index (χ4v) is 4.60. The molecule has 0 radical (unpaired) electrons. The van der Waals surface area contributed by atoms with Crippen LogP contribution in [0.5, 0.6) is 0 Å². The van der Waals surface area contributed by atoms with Gasteiger partial charge in [-0.15, -0.1) is 0 Å². The number of nitrogens with zero attached hydrogens (tertiary/aromatic N) is 3. The van der Waals surface area contributed by atoms with E-state index in [1.54, 1.807) is 0 Å². The number of hydrogen-bond donors (Lipinski definition) is 0. The van der Waals surface area contributed by atoms with Crippen LogP contribution in [0.25, 0.3) is 25.8 Å². The maximum absolute atomic E-state index is 4.25. The fraction of sp³-hybridized carbons (Fsp3) is 0. The van der Waals surface area contributed by atoms with Crippen molar-refractivity contribution in [1.82, 2.24) is 14.6 Å². The minimum atomic E-state index is 0.197. The number of rotatable bonds is 2. The molecule has 0 saturated heterocycles. The molecule has 0 atom stereocenters. The van der Waals surface area contributed by atoms with E-state index in [2.05, 4.69) is 63.1 Å². The van der Waals surface area contributed by atoms with Gasteiger partial charge in [-0.1, -0.05) is 0 Å². The molecule has 4 aromatic rings. The fourth-order valence-electron chi connectivity index (χ4n) is 2.35. The summed E-state index contributed by atoms with van der Waals surface area (Å²) in [7, 11) is 0. The third kappa shape index (κ3) is 1.81. The molecule has 2 heterocycles. The molecule has 4 rings (SSSR count). The third-order valence-electron chi connectivity index (χ3n) is 3.25. The van der Waals surface area contributed by atoms with Crippen molar-refractivity contribution in [3.05, 3.63) is 67.0 Å². The molecule has 0 saturated carbocycles. The van der Waals surface area contributed by atoms with Gasteiger partial charge in [-0.3, -0.25) is 0 Å². The Balaban J connectivity index is 2.05. The van der Waals surface area contributed by atoms with Gasteiger partial charge in [0.1, 0.15) is 0 Å². The van der Waals surface area contributed by atoms with Crippen LogP contribution in [-0.2, 0) is 0 Å². The van der Waals surface area contributed by atoms with Crippen molar-refractivity contribution in [3.8, 4) is 21.3 Å². The Kier molecular flexibility index (Phi) is 2.76. The summed E-state index contributed by atoms with van der Waals surface area (Å²) < 4.78 is 4.56. The Bertz CT molecular complexity index is 847. The summed E-state index contributed by atoms with van der Waals surface area (Å²) in [6, 6.07) is 21.0. The van der Waals surface area contributed by atoms with Crippen molar-refractivity contribution >= 4 is 19.0 Å². The Morgan fingerprint density at radius 3 is 2.15 bits per heavy atom. The summed E-state index contributed by atoms with van der Waals surface area (Å²) in [5.41, 5.74) is 3.71. The van der Waals surface area contributed by atoms with Crippen molar-refractivity contribution in [1.29, 1.82) is 0 Å². The quantitative estimate of drug-likeness (QED) is 0.530. The molecule has 0 aliphatic heterocycles. The summed E-state index contributed by atoms with van der Waals surface area (Å²) in [5, 5.41) is 8.29. The van der Waals surface area contributed by atoms with Crippen LogP contribution >= 0.6 is 0 Å². The molecule has 0 fully saturated rings. The monoisotopic (exact) mass is 325 g/mol. The van der Waals surface area contributed by atoms with Crippen LogP contribution in [0, 0.1) is 0 Å². The molecule has 0 unspecified atom stereocenters. The van der Waals surface area contributed by atoms with Crippen LogP contribution in [0.2, 0.25) is 0 Å². The van der Waals surface area contributed by atoms with Crippen molar-refractivity contribution in [3.63, 3.8) is 0 Å². The van der Waals surface area contributed by atoms with Crippen molar-refractivity contribution in [2.45, 2.75) is 0 Å². The van der Waals surface area contributed by atoms with E-state index in [1.165, 1.54) is 21.3 Å². The molecule has 0 bridgehead atoms. The Labute approximate surface area is 122 Å². The predicted molar refractivity (Wildman–Crippen MR) is 80.8 cm³/mol. The van der Waals surface area contributed by atoms with E-state index in [0.29, 0.717) is 0 Å². The zero-order chi connectivity index (χ0) is 13.4. The van der Waals surface area contributed by atoms with E-state index < -0.39 is 0 Å². The molecular formula is C16H11N3Se. The van der Waals surface area contributed by atoms with E-state index in [-0.39, 0.29) is 14.5 Å². The average molecular weight is 324 g/mol. The molecule has 2 aromatic heterocycles. The number of benzene rings is 2. The zero-order valence-electron chi connectivity index (χ0n) is 10.6. The molecule has 0 amide bonds. The predicted octanol–water partition coefficient (Wildman–Crippen LogP) is 3.12. The average Bonchev–Trinajstić information content (AvgIpc) is 3.09. The molecule has 3 nitrogen and oxygen atoms in total. The maximum atomic E-state index is 4.25. The molecule has 0 N–H and O–H groups in total. The van der Waals surface area contributed by atoms with Gasteiger partial charge < -0.3 is 0 Å².